The van der Waals surface area contributed by atoms with Crippen LogP contribution >= 0.6 is 15.9 Å². The number of nitrogen functional groups attached to an aromatic ring is 1. The van der Waals surface area contributed by atoms with E-state index in [-0.39, 0.29) is 5.69 Å². The highest BCUT2D eigenvalue weighted by Crippen LogP contribution is 2.25. The molecule has 18 heavy (non-hydrogen) atoms. The van der Waals surface area contributed by atoms with Crippen molar-refractivity contribution in [3.05, 3.63) is 52.4 Å². The fourth-order valence-electron chi connectivity index (χ4n) is 1.34. The minimum Gasteiger partial charge on any atom is -0.384 e. The van der Waals surface area contributed by atoms with E-state index in [0.717, 1.165) is 0 Å². The van der Waals surface area contributed by atoms with Crippen LogP contribution in [-0.4, -0.2) is 10.9 Å². The Morgan fingerprint density at radius 1 is 1.33 bits per heavy atom. The van der Waals surface area contributed by atoms with E-state index < -0.39 is 11.7 Å². The van der Waals surface area contributed by atoms with E-state index in [1.807, 2.05) is 0 Å². The SMILES string of the molecule is Nc1ccc(C(=O)Nc2c(F)cccc2Br)cn1. The fourth-order valence-corrected chi connectivity index (χ4v) is 1.78. The Labute approximate surface area is 111 Å². The number of para-hydroxylation sites is 1. The molecular formula is C12H9BrFN3O. The third-order valence-corrected chi connectivity index (χ3v) is 2.91. The molecule has 0 aliphatic heterocycles. The fraction of sp³-hybridized carbons (Fsp3) is 0. The first-order valence-electron chi connectivity index (χ1n) is 5.05. The maximum absolute atomic E-state index is 13.5. The molecule has 0 fully saturated rings. The average Bonchev–Trinajstić information content (AvgIpc) is 2.34. The van der Waals surface area contributed by atoms with Gasteiger partial charge in [-0.15, -0.1) is 0 Å². The lowest BCUT2D eigenvalue weighted by atomic mass is 10.2. The monoisotopic (exact) mass is 309 g/mol. The molecule has 1 aromatic heterocycles. The number of aromatic nitrogens is 1. The number of hydrogen-bond acceptors (Lipinski definition) is 3. The van der Waals surface area contributed by atoms with Gasteiger partial charge in [-0.1, -0.05) is 6.07 Å². The minimum absolute atomic E-state index is 0.0966. The number of pyridine rings is 1. The van der Waals surface area contributed by atoms with Gasteiger partial charge in [0.15, 0.2) is 0 Å². The molecule has 0 atom stereocenters. The zero-order chi connectivity index (χ0) is 13.1. The van der Waals surface area contributed by atoms with Crippen LogP contribution in [-0.2, 0) is 0 Å². The zero-order valence-corrected chi connectivity index (χ0v) is 10.7. The summed E-state index contributed by atoms with van der Waals surface area (Å²) < 4.78 is 14.0. The summed E-state index contributed by atoms with van der Waals surface area (Å²) in [5, 5.41) is 2.47. The van der Waals surface area contributed by atoms with Gasteiger partial charge in [-0.05, 0) is 40.2 Å². The molecule has 0 spiro atoms. The average molecular weight is 310 g/mol. The predicted octanol–water partition coefficient (Wildman–Crippen LogP) is 2.82. The number of nitrogens with one attached hydrogen (secondary N) is 1. The molecule has 0 aliphatic rings. The number of carbonyl (C=O) groups excluding carboxylic acids is 1. The third kappa shape index (κ3) is 2.65. The Hall–Kier alpha value is -1.95. The van der Waals surface area contributed by atoms with Gasteiger partial charge in [-0.2, -0.15) is 0 Å². The molecule has 0 unspecified atom stereocenters. The summed E-state index contributed by atoms with van der Waals surface area (Å²) in [6.07, 6.45) is 1.33. The van der Waals surface area contributed by atoms with Gasteiger partial charge < -0.3 is 11.1 Å². The van der Waals surface area contributed by atoms with E-state index in [9.17, 15) is 9.18 Å². The van der Waals surface area contributed by atoms with Crippen LogP contribution in [0.5, 0.6) is 0 Å². The molecule has 0 aliphatic carbocycles. The summed E-state index contributed by atoms with van der Waals surface area (Å²) in [5.41, 5.74) is 5.82. The van der Waals surface area contributed by atoms with E-state index in [2.05, 4.69) is 26.2 Å². The van der Waals surface area contributed by atoms with Crippen molar-refractivity contribution in [1.29, 1.82) is 0 Å². The first-order valence-corrected chi connectivity index (χ1v) is 5.84. The predicted molar refractivity (Wildman–Crippen MR) is 70.7 cm³/mol. The van der Waals surface area contributed by atoms with Crippen molar-refractivity contribution >= 4 is 33.3 Å². The van der Waals surface area contributed by atoms with Crippen LogP contribution in [0.15, 0.2) is 41.0 Å². The van der Waals surface area contributed by atoms with Gasteiger partial charge in [0.25, 0.3) is 5.91 Å². The number of anilines is 2. The second kappa shape index (κ2) is 5.14. The summed E-state index contributed by atoms with van der Waals surface area (Å²) in [6, 6.07) is 7.47. The van der Waals surface area contributed by atoms with Crippen molar-refractivity contribution in [3.63, 3.8) is 0 Å². The molecule has 2 aromatic rings. The van der Waals surface area contributed by atoms with Gasteiger partial charge in [0.05, 0.1) is 11.3 Å². The van der Waals surface area contributed by atoms with Crippen molar-refractivity contribution < 1.29 is 9.18 Å². The number of amides is 1. The van der Waals surface area contributed by atoms with Crippen LogP contribution in [0.1, 0.15) is 10.4 Å². The number of benzene rings is 1. The molecule has 0 saturated heterocycles. The van der Waals surface area contributed by atoms with Crippen LogP contribution in [0.3, 0.4) is 0 Å². The van der Waals surface area contributed by atoms with Crippen LogP contribution < -0.4 is 11.1 Å². The quantitative estimate of drug-likeness (QED) is 0.896. The Morgan fingerprint density at radius 3 is 2.72 bits per heavy atom. The Balaban J connectivity index is 2.24. The number of nitrogens with zero attached hydrogens (tertiary/aromatic N) is 1. The molecule has 6 heteroatoms. The van der Waals surface area contributed by atoms with Gasteiger partial charge in [-0.3, -0.25) is 4.79 Å². The first-order chi connectivity index (χ1) is 8.58. The van der Waals surface area contributed by atoms with Crippen LogP contribution in [0, 0.1) is 5.82 Å². The highest BCUT2D eigenvalue weighted by Gasteiger charge is 2.12. The van der Waals surface area contributed by atoms with Crippen LogP contribution in [0.4, 0.5) is 15.9 Å². The Kier molecular flexibility index (Phi) is 3.57. The molecular weight excluding hydrogens is 301 g/mol. The molecule has 0 bridgehead atoms. The van der Waals surface area contributed by atoms with Crippen molar-refractivity contribution in [1.82, 2.24) is 4.98 Å². The van der Waals surface area contributed by atoms with Crippen LogP contribution in [0.2, 0.25) is 0 Å². The normalized spacial score (nSPS) is 10.1. The first kappa shape index (κ1) is 12.5. The maximum Gasteiger partial charge on any atom is 0.257 e. The number of carbonyl (C=O) groups is 1. The second-order valence-electron chi connectivity index (χ2n) is 3.52. The number of hydrogen-bond donors (Lipinski definition) is 2. The van der Waals surface area contributed by atoms with E-state index in [0.29, 0.717) is 15.9 Å². The molecule has 4 nitrogen and oxygen atoms in total. The van der Waals surface area contributed by atoms with E-state index >= 15 is 0 Å². The van der Waals surface area contributed by atoms with Gasteiger partial charge >= 0.3 is 0 Å². The molecule has 2 rings (SSSR count). The minimum atomic E-state index is -0.513. The largest absolute Gasteiger partial charge is 0.384 e. The molecule has 3 N–H and O–H groups in total. The lowest BCUT2D eigenvalue weighted by Crippen LogP contribution is -2.13. The van der Waals surface area contributed by atoms with Gasteiger partial charge in [-0.25, -0.2) is 9.37 Å². The van der Waals surface area contributed by atoms with Gasteiger partial charge in [0.2, 0.25) is 0 Å². The number of rotatable bonds is 2. The van der Waals surface area contributed by atoms with E-state index in [1.54, 1.807) is 12.1 Å². The van der Waals surface area contributed by atoms with Crippen molar-refractivity contribution in [2.75, 3.05) is 11.1 Å². The summed E-state index contributed by atoms with van der Waals surface area (Å²) in [4.78, 5) is 15.6. The number of halogens is 2. The molecule has 0 saturated carbocycles. The lowest BCUT2D eigenvalue weighted by Gasteiger charge is -2.08. The molecule has 0 radical (unpaired) electrons. The lowest BCUT2D eigenvalue weighted by molar-refractivity contribution is 0.102. The number of nitrogens with two attached hydrogens (primary N) is 1. The highest BCUT2D eigenvalue weighted by molar-refractivity contribution is 9.10. The molecule has 1 aromatic carbocycles. The smallest absolute Gasteiger partial charge is 0.257 e. The zero-order valence-electron chi connectivity index (χ0n) is 9.15. The Morgan fingerprint density at radius 2 is 2.11 bits per heavy atom. The third-order valence-electron chi connectivity index (χ3n) is 2.25. The standard InChI is InChI=1S/C12H9BrFN3O/c13-8-2-1-3-9(14)11(8)17-12(18)7-4-5-10(15)16-6-7/h1-6H,(H2,15,16)(H,17,18). The summed E-state index contributed by atoms with van der Waals surface area (Å²) in [7, 11) is 0. The second-order valence-corrected chi connectivity index (χ2v) is 4.38. The van der Waals surface area contributed by atoms with E-state index in [1.165, 1.54) is 24.4 Å². The summed E-state index contributed by atoms with van der Waals surface area (Å²) >= 11 is 3.17. The summed E-state index contributed by atoms with van der Waals surface area (Å²) in [6.45, 7) is 0. The molecule has 92 valence electrons. The summed E-state index contributed by atoms with van der Waals surface area (Å²) in [5.74, 6) is -0.645. The van der Waals surface area contributed by atoms with Crippen molar-refractivity contribution in [2.45, 2.75) is 0 Å². The molecule has 1 amide bonds. The topological polar surface area (TPSA) is 68.0 Å². The van der Waals surface area contributed by atoms with Crippen molar-refractivity contribution in [3.8, 4) is 0 Å². The Bertz CT molecular complexity index is 566. The van der Waals surface area contributed by atoms with Gasteiger partial charge in [0.1, 0.15) is 11.6 Å². The van der Waals surface area contributed by atoms with Crippen molar-refractivity contribution in [2.24, 2.45) is 0 Å². The van der Waals surface area contributed by atoms with Crippen LogP contribution in [0.25, 0.3) is 0 Å². The molecule has 1 heterocycles. The van der Waals surface area contributed by atoms with E-state index in [4.69, 9.17) is 5.73 Å². The maximum atomic E-state index is 13.5. The highest BCUT2D eigenvalue weighted by atomic mass is 79.9. The van der Waals surface area contributed by atoms with Gasteiger partial charge in [0, 0.05) is 10.7 Å².